The Hall–Kier alpha value is -0.570. The molecular weight excluding hydrogens is 224 g/mol. The van der Waals surface area contributed by atoms with Crippen molar-refractivity contribution in [1.29, 1.82) is 0 Å². The number of amides is 1. The fourth-order valence-electron chi connectivity index (χ4n) is 2.54. The summed E-state index contributed by atoms with van der Waals surface area (Å²) in [6.45, 7) is 7.00. The van der Waals surface area contributed by atoms with E-state index >= 15 is 0 Å². The first-order chi connectivity index (χ1) is 8.61. The van der Waals surface area contributed by atoms with Crippen molar-refractivity contribution < 1.29 is 4.79 Å². The third kappa shape index (κ3) is 4.97. The summed E-state index contributed by atoms with van der Waals surface area (Å²) in [6.07, 6.45) is 8.95. The molecule has 2 N–H and O–H groups in total. The molecule has 1 amide bonds. The first-order valence-electron chi connectivity index (χ1n) is 7.59. The highest BCUT2D eigenvalue weighted by Gasteiger charge is 2.30. The van der Waals surface area contributed by atoms with E-state index in [9.17, 15) is 4.79 Å². The first kappa shape index (κ1) is 15.5. The number of nitrogens with two attached hydrogens (primary N) is 1. The van der Waals surface area contributed by atoms with E-state index in [0.29, 0.717) is 5.91 Å². The Morgan fingerprint density at radius 1 is 1.17 bits per heavy atom. The molecule has 106 valence electrons. The van der Waals surface area contributed by atoms with E-state index in [2.05, 4.69) is 13.8 Å². The summed E-state index contributed by atoms with van der Waals surface area (Å²) < 4.78 is 0. The largest absolute Gasteiger partial charge is 0.343 e. The van der Waals surface area contributed by atoms with Crippen molar-refractivity contribution in [3.63, 3.8) is 0 Å². The van der Waals surface area contributed by atoms with Crippen molar-refractivity contribution in [3.8, 4) is 0 Å². The maximum absolute atomic E-state index is 12.0. The van der Waals surface area contributed by atoms with Gasteiger partial charge in [0.15, 0.2) is 0 Å². The van der Waals surface area contributed by atoms with E-state index in [0.717, 1.165) is 45.3 Å². The third-order valence-corrected chi connectivity index (χ3v) is 4.31. The Labute approximate surface area is 112 Å². The van der Waals surface area contributed by atoms with Crippen molar-refractivity contribution in [2.24, 2.45) is 11.1 Å². The minimum atomic E-state index is 0.262. The van der Waals surface area contributed by atoms with Gasteiger partial charge in [0.05, 0.1) is 0 Å². The first-order valence-corrected chi connectivity index (χ1v) is 7.59. The summed E-state index contributed by atoms with van der Waals surface area (Å²) in [5, 5.41) is 0. The van der Waals surface area contributed by atoms with E-state index in [-0.39, 0.29) is 5.41 Å². The lowest BCUT2D eigenvalue weighted by molar-refractivity contribution is -0.133. The van der Waals surface area contributed by atoms with Crippen LogP contribution in [0, 0.1) is 5.41 Å². The minimum absolute atomic E-state index is 0.262. The second-order valence-electron chi connectivity index (χ2n) is 6.06. The van der Waals surface area contributed by atoms with Crippen LogP contribution >= 0.6 is 0 Å². The molecule has 0 saturated carbocycles. The van der Waals surface area contributed by atoms with Crippen molar-refractivity contribution >= 4 is 5.91 Å². The molecule has 1 saturated heterocycles. The molecule has 0 spiro atoms. The smallest absolute Gasteiger partial charge is 0.222 e. The van der Waals surface area contributed by atoms with E-state index in [1.165, 1.54) is 25.7 Å². The van der Waals surface area contributed by atoms with E-state index in [1.807, 2.05) is 4.90 Å². The summed E-state index contributed by atoms with van der Waals surface area (Å²) in [5.74, 6) is 0.352. The normalized spacial score (nSPS) is 18.9. The monoisotopic (exact) mass is 254 g/mol. The van der Waals surface area contributed by atoms with Gasteiger partial charge in [0.2, 0.25) is 5.91 Å². The van der Waals surface area contributed by atoms with Crippen molar-refractivity contribution in [2.45, 2.75) is 65.2 Å². The SMILES string of the molecule is CCCCCCCC(=O)N1CCC(C)(CN)CC1. The molecule has 1 heterocycles. The number of hydrogen-bond donors (Lipinski definition) is 1. The van der Waals surface area contributed by atoms with E-state index in [1.54, 1.807) is 0 Å². The van der Waals surface area contributed by atoms with Crippen LogP contribution in [0.2, 0.25) is 0 Å². The molecule has 1 rings (SSSR count). The molecule has 0 aromatic rings. The zero-order valence-electron chi connectivity index (χ0n) is 12.2. The molecule has 1 aliphatic heterocycles. The molecule has 0 radical (unpaired) electrons. The summed E-state index contributed by atoms with van der Waals surface area (Å²) in [4.78, 5) is 14.1. The van der Waals surface area contributed by atoms with E-state index < -0.39 is 0 Å². The van der Waals surface area contributed by atoms with Gasteiger partial charge in [-0.1, -0.05) is 39.5 Å². The molecule has 3 heteroatoms. The van der Waals surface area contributed by atoms with Crippen LogP contribution in [0.1, 0.15) is 65.2 Å². The predicted molar refractivity (Wildman–Crippen MR) is 76.4 cm³/mol. The van der Waals surface area contributed by atoms with Gasteiger partial charge >= 0.3 is 0 Å². The highest BCUT2D eigenvalue weighted by Crippen LogP contribution is 2.29. The van der Waals surface area contributed by atoms with Gasteiger partial charge in [-0.25, -0.2) is 0 Å². The summed E-state index contributed by atoms with van der Waals surface area (Å²) in [5.41, 5.74) is 6.04. The van der Waals surface area contributed by atoms with Gasteiger partial charge in [-0.15, -0.1) is 0 Å². The highest BCUT2D eigenvalue weighted by molar-refractivity contribution is 5.76. The number of piperidine rings is 1. The van der Waals surface area contributed by atoms with Gasteiger partial charge < -0.3 is 10.6 Å². The van der Waals surface area contributed by atoms with Gasteiger partial charge in [0.1, 0.15) is 0 Å². The molecule has 0 atom stereocenters. The fraction of sp³-hybridized carbons (Fsp3) is 0.933. The molecule has 0 aromatic carbocycles. The molecule has 0 aliphatic carbocycles. The minimum Gasteiger partial charge on any atom is -0.343 e. The van der Waals surface area contributed by atoms with Crippen LogP contribution in [0.4, 0.5) is 0 Å². The third-order valence-electron chi connectivity index (χ3n) is 4.31. The Morgan fingerprint density at radius 3 is 2.33 bits per heavy atom. The molecule has 0 unspecified atom stereocenters. The number of rotatable bonds is 7. The van der Waals surface area contributed by atoms with Crippen LogP contribution in [-0.4, -0.2) is 30.4 Å². The Morgan fingerprint density at radius 2 is 1.78 bits per heavy atom. The second kappa shape index (κ2) is 7.78. The molecule has 0 bridgehead atoms. The van der Waals surface area contributed by atoms with Gasteiger partial charge in [0.25, 0.3) is 0 Å². The maximum atomic E-state index is 12.0. The number of hydrogen-bond acceptors (Lipinski definition) is 2. The Kier molecular flexibility index (Phi) is 6.69. The van der Waals surface area contributed by atoms with Crippen LogP contribution in [0.3, 0.4) is 0 Å². The molecule has 3 nitrogen and oxygen atoms in total. The lowest BCUT2D eigenvalue weighted by Gasteiger charge is -2.38. The average molecular weight is 254 g/mol. The number of likely N-dealkylation sites (tertiary alicyclic amines) is 1. The predicted octanol–water partition coefficient (Wildman–Crippen LogP) is 2.93. The van der Waals surface area contributed by atoms with Crippen LogP contribution in [0.25, 0.3) is 0 Å². The zero-order valence-corrected chi connectivity index (χ0v) is 12.2. The molecule has 1 aliphatic rings. The summed E-state index contributed by atoms with van der Waals surface area (Å²) in [7, 11) is 0. The molecule has 18 heavy (non-hydrogen) atoms. The van der Waals surface area contributed by atoms with E-state index in [4.69, 9.17) is 5.73 Å². The van der Waals surface area contributed by atoms with Crippen LogP contribution in [0.5, 0.6) is 0 Å². The Balaban J connectivity index is 2.16. The molecular formula is C15H30N2O. The quantitative estimate of drug-likeness (QED) is 0.710. The topological polar surface area (TPSA) is 46.3 Å². The molecule has 1 fully saturated rings. The van der Waals surface area contributed by atoms with Crippen molar-refractivity contribution in [2.75, 3.05) is 19.6 Å². The number of carbonyl (C=O) groups is 1. The van der Waals surface area contributed by atoms with Crippen molar-refractivity contribution in [3.05, 3.63) is 0 Å². The lowest BCUT2D eigenvalue weighted by Crippen LogP contribution is -2.44. The highest BCUT2D eigenvalue weighted by atomic mass is 16.2. The Bertz CT molecular complexity index is 245. The van der Waals surface area contributed by atoms with Crippen LogP contribution in [0.15, 0.2) is 0 Å². The number of carbonyl (C=O) groups excluding carboxylic acids is 1. The van der Waals surface area contributed by atoms with Gasteiger partial charge in [-0.3, -0.25) is 4.79 Å². The second-order valence-corrected chi connectivity index (χ2v) is 6.06. The summed E-state index contributed by atoms with van der Waals surface area (Å²) >= 11 is 0. The molecule has 0 aromatic heterocycles. The average Bonchev–Trinajstić information content (AvgIpc) is 2.39. The zero-order chi connectivity index (χ0) is 13.4. The van der Waals surface area contributed by atoms with Gasteiger partial charge in [0, 0.05) is 19.5 Å². The maximum Gasteiger partial charge on any atom is 0.222 e. The van der Waals surface area contributed by atoms with Gasteiger partial charge in [-0.2, -0.15) is 0 Å². The van der Waals surface area contributed by atoms with Crippen LogP contribution < -0.4 is 5.73 Å². The summed E-state index contributed by atoms with van der Waals surface area (Å²) in [6, 6.07) is 0. The lowest BCUT2D eigenvalue weighted by atomic mass is 9.80. The van der Waals surface area contributed by atoms with Gasteiger partial charge in [-0.05, 0) is 31.2 Å². The van der Waals surface area contributed by atoms with Crippen LogP contribution in [-0.2, 0) is 4.79 Å². The fourth-order valence-corrected chi connectivity index (χ4v) is 2.54. The standard InChI is InChI=1S/C15H30N2O/c1-3-4-5-6-7-8-14(18)17-11-9-15(2,13-16)10-12-17/h3-13,16H2,1-2H3. The number of unbranched alkanes of at least 4 members (excludes halogenated alkanes) is 4. The van der Waals surface area contributed by atoms with Crippen molar-refractivity contribution in [1.82, 2.24) is 4.90 Å². The number of nitrogens with zero attached hydrogens (tertiary/aromatic N) is 1.